The molecule has 0 atom stereocenters. The molecule has 0 aromatic heterocycles. The van der Waals surface area contributed by atoms with Gasteiger partial charge in [0.25, 0.3) is 0 Å². The number of allylic oxidation sites excluding steroid dienone is 2. The molecule has 0 spiro atoms. The predicted octanol–water partition coefficient (Wildman–Crippen LogP) is 1.96. The summed E-state index contributed by atoms with van der Waals surface area (Å²) in [7, 11) is 0. The second kappa shape index (κ2) is 4.13. The van der Waals surface area contributed by atoms with Crippen molar-refractivity contribution in [3.63, 3.8) is 0 Å². The summed E-state index contributed by atoms with van der Waals surface area (Å²) in [4.78, 5) is 24.5. The lowest BCUT2D eigenvalue weighted by Gasteiger charge is -2.33. The van der Waals surface area contributed by atoms with Gasteiger partial charge in [-0.05, 0) is 24.7 Å². The Balaban J connectivity index is 2.41. The van der Waals surface area contributed by atoms with E-state index >= 15 is 0 Å². The number of Topliss-reactive ketones (excluding diaryl/α,β-unsaturated/α-hetero) is 1. The number of carbonyl (C=O) groups excluding carboxylic acids is 1. The Morgan fingerprint density at radius 2 is 1.82 bits per heavy atom. The second-order valence-electron chi connectivity index (χ2n) is 5.69. The Labute approximate surface area is 101 Å². The van der Waals surface area contributed by atoms with E-state index in [9.17, 15) is 14.9 Å². The van der Waals surface area contributed by atoms with E-state index in [1.54, 1.807) is 0 Å². The summed E-state index contributed by atoms with van der Waals surface area (Å²) >= 11 is 0. The smallest absolute Gasteiger partial charge is 0.330 e. The first-order valence-corrected chi connectivity index (χ1v) is 6.06. The van der Waals surface area contributed by atoms with Crippen LogP contribution in [-0.2, 0) is 4.79 Å². The summed E-state index contributed by atoms with van der Waals surface area (Å²) in [5, 5.41) is 11.0. The van der Waals surface area contributed by atoms with Crippen LogP contribution in [0.4, 0.5) is 0 Å². The Hall–Kier alpha value is -1.39. The van der Waals surface area contributed by atoms with Gasteiger partial charge in [-0.1, -0.05) is 13.8 Å². The average molecular weight is 238 g/mol. The number of rotatable bonds is 2. The zero-order valence-electron chi connectivity index (χ0n) is 10.4. The zero-order chi connectivity index (χ0) is 12.6. The molecule has 0 N–H and O–H groups in total. The normalized spacial score (nSPS) is 24.4. The van der Waals surface area contributed by atoms with Crippen molar-refractivity contribution in [3.05, 3.63) is 21.5 Å². The van der Waals surface area contributed by atoms with Crippen molar-refractivity contribution in [2.75, 3.05) is 13.1 Å². The first kappa shape index (κ1) is 12.1. The molecule has 1 aliphatic heterocycles. The quantitative estimate of drug-likeness (QED) is 0.545. The first-order valence-electron chi connectivity index (χ1n) is 6.06. The number of nitrogens with zero attached hydrogens (tertiary/aromatic N) is 2. The molecule has 1 saturated heterocycles. The third kappa shape index (κ3) is 2.33. The van der Waals surface area contributed by atoms with Crippen molar-refractivity contribution in [3.8, 4) is 0 Å². The second-order valence-corrected chi connectivity index (χ2v) is 5.69. The summed E-state index contributed by atoms with van der Waals surface area (Å²) in [5.41, 5.74) is 0.342. The maximum atomic E-state index is 11.9. The van der Waals surface area contributed by atoms with E-state index in [-0.39, 0.29) is 23.3 Å². The minimum atomic E-state index is -0.495. The molecule has 0 amide bonds. The Bertz CT molecular complexity index is 393. The first-order chi connectivity index (χ1) is 7.91. The zero-order valence-corrected chi connectivity index (χ0v) is 10.4. The van der Waals surface area contributed by atoms with Gasteiger partial charge in [-0.15, -0.1) is 0 Å². The van der Waals surface area contributed by atoms with Crippen LogP contribution in [0.25, 0.3) is 0 Å². The minimum absolute atomic E-state index is 0.158. The SMILES string of the molecule is CC1(C)CC(=O)C([N+](=O)[O-])=C(N2CCCC2)C1. The van der Waals surface area contributed by atoms with E-state index in [2.05, 4.69) is 0 Å². The van der Waals surface area contributed by atoms with Gasteiger partial charge in [-0.3, -0.25) is 14.9 Å². The van der Waals surface area contributed by atoms with Crippen molar-refractivity contribution < 1.29 is 9.72 Å². The van der Waals surface area contributed by atoms with Gasteiger partial charge in [0, 0.05) is 19.5 Å². The summed E-state index contributed by atoms with van der Waals surface area (Å²) in [6, 6.07) is 0. The number of ketones is 1. The molecule has 5 heteroatoms. The van der Waals surface area contributed by atoms with Crippen molar-refractivity contribution in [2.45, 2.75) is 39.5 Å². The standard InChI is InChI=1S/C12H18N2O3/c1-12(2)7-9(13-5-3-4-6-13)11(14(16)17)10(15)8-12/h3-8H2,1-2H3. The number of likely N-dealkylation sites (tertiary alicyclic amines) is 1. The van der Waals surface area contributed by atoms with Crippen LogP contribution >= 0.6 is 0 Å². The van der Waals surface area contributed by atoms with Crippen molar-refractivity contribution in [2.24, 2.45) is 5.41 Å². The van der Waals surface area contributed by atoms with Crippen LogP contribution < -0.4 is 0 Å². The third-order valence-corrected chi connectivity index (χ3v) is 3.49. The number of carbonyl (C=O) groups is 1. The molecule has 0 aromatic carbocycles. The van der Waals surface area contributed by atoms with Gasteiger partial charge < -0.3 is 4.90 Å². The summed E-state index contributed by atoms with van der Waals surface area (Å²) < 4.78 is 0. The molecule has 17 heavy (non-hydrogen) atoms. The third-order valence-electron chi connectivity index (χ3n) is 3.49. The number of hydrogen-bond donors (Lipinski definition) is 0. The molecular formula is C12H18N2O3. The number of hydrogen-bond acceptors (Lipinski definition) is 4. The molecule has 0 unspecified atom stereocenters. The molecule has 2 rings (SSSR count). The fourth-order valence-electron chi connectivity index (χ4n) is 2.73. The molecule has 1 aliphatic carbocycles. The highest BCUT2D eigenvalue weighted by atomic mass is 16.6. The number of nitro groups is 1. The van der Waals surface area contributed by atoms with Gasteiger partial charge in [0.2, 0.25) is 5.78 Å². The minimum Gasteiger partial charge on any atom is -0.369 e. The Morgan fingerprint density at radius 1 is 1.24 bits per heavy atom. The Morgan fingerprint density at radius 3 is 2.35 bits per heavy atom. The molecule has 5 nitrogen and oxygen atoms in total. The molecule has 1 heterocycles. The topological polar surface area (TPSA) is 63.4 Å². The van der Waals surface area contributed by atoms with Crippen molar-refractivity contribution in [1.82, 2.24) is 4.90 Å². The molecule has 0 radical (unpaired) electrons. The van der Waals surface area contributed by atoms with E-state index in [1.807, 2.05) is 18.7 Å². The lowest BCUT2D eigenvalue weighted by atomic mass is 9.77. The predicted molar refractivity (Wildman–Crippen MR) is 62.8 cm³/mol. The summed E-state index contributed by atoms with van der Waals surface area (Å²) in [6.45, 7) is 5.68. The molecule has 94 valence electrons. The van der Waals surface area contributed by atoms with Crippen molar-refractivity contribution in [1.29, 1.82) is 0 Å². The van der Waals surface area contributed by atoms with Crippen LogP contribution in [0.15, 0.2) is 11.4 Å². The van der Waals surface area contributed by atoms with Gasteiger partial charge in [-0.2, -0.15) is 0 Å². The average Bonchev–Trinajstić information content (AvgIpc) is 2.65. The molecule has 2 aliphatic rings. The van der Waals surface area contributed by atoms with Crippen LogP contribution in [0, 0.1) is 15.5 Å². The highest BCUT2D eigenvalue weighted by Gasteiger charge is 2.41. The highest BCUT2D eigenvalue weighted by Crippen LogP contribution is 2.39. The fourth-order valence-corrected chi connectivity index (χ4v) is 2.73. The van der Waals surface area contributed by atoms with Gasteiger partial charge in [-0.25, -0.2) is 0 Å². The lowest BCUT2D eigenvalue weighted by Crippen LogP contribution is -2.35. The van der Waals surface area contributed by atoms with E-state index in [1.165, 1.54) is 0 Å². The van der Waals surface area contributed by atoms with Crippen LogP contribution in [0.3, 0.4) is 0 Å². The monoisotopic (exact) mass is 238 g/mol. The summed E-state index contributed by atoms with van der Waals surface area (Å²) in [5.74, 6) is -0.312. The van der Waals surface area contributed by atoms with Gasteiger partial charge >= 0.3 is 5.70 Å². The van der Waals surface area contributed by atoms with Crippen LogP contribution in [0.1, 0.15) is 39.5 Å². The molecule has 0 aromatic rings. The van der Waals surface area contributed by atoms with E-state index in [0.717, 1.165) is 25.9 Å². The fraction of sp³-hybridized carbons (Fsp3) is 0.750. The van der Waals surface area contributed by atoms with Crippen LogP contribution in [-0.4, -0.2) is 28.7 Å². The molecule has 0 bridgehead atoms. The van der Waals surface area contributed by atoms with Gasteiger partial charge in [0.15, 0.2) is 0 Å². The maximum absolute atomic E-state index is 11.9. The van der Waals surface area contributed by atoms with Crippen LogP contribution in [0.5, 0.6) is 0 Å². The Kier molecular flexibility index (Phi) is 2.93. The van der Waals surface area contributed by atoms with Gasteiger partial charge in [0.1, 0.15) is 0 Å². The molecule has 0 saturated carbocycles. The van der Waals surface area contributed by atoms with E-state index in [4.69, 9.17) is 0 Å². The largest absolute Gasteiger partial charge is 0.369 e. The lowest BCUT2D eigenvalue weighted by molar-refractivity contribution is -0.422. The van der Waals surface area contributed by atoms with Crippen LogP contribution in [0.2, 0.25) is 0 Å². The molecule has 1 fully saturated rings. The van der Waals surface area contributed by atoms with Gasteiger partial charge in [0.05, 0.1) is 10.6 Å². The van der Waals surface area contributed by atoms with E-state index < -0.39 is 4.92 Å². The maximum Gasteiger partial charge on any atom is 0.330 e. The summed E-state index contributed by atoms with van der Waals surface area (Å²) in [6.07, 6.45) is 3.03. The van der Waals surface area contributed by atoms with E-state index in [0.29, 0.717) is 12.1 Å². The molecular weight excluding hydrogens is 220 g/mol. The van der Waals surface area contributed by atoms with Crippen molar-refractivity contribution >= 4 is 5.78 Å². The highest BCUT2D eigenvalue weighted by molar-refractivity contribution is 5.95.